The largest absolute Gasteiger partial charge is 0.372 e. The average Bonchev–Trinajstić information content (AvgIpc) is 3.14. The molecule has 0 aromatic heterocycles. The summed E-state index contributed by atoms with van der Waals surface area (Å²) in [6, 6.07) is 0. The van der Waals surface area contributed by atoms with Crippen LogP contribution in [0.25, 0.3) is 0 Å². The number of hydrogen-bond acceptors (Lipinski definition) is 2. The van der Waals surface area contributed by atoms with Crippen LogP contribution in [0.4, 0.5) is 0 Å². The average molecular weight is 241 g/mol. The van der Waals surface area contributed by atoms with E-state index in [0.717, 1.165) is 6.61 Å². The van der Waals surface area contributed by atoms with E-state index < -0.39 is 0 Å². The van der Waals surface area contributed by atoms with E-state index in [-0.39, 0.29) is 0 Å². The molecular formula is C15H31NO. The van der Waals surface area contributed by atoms with E-state index in [2.05, 4.69) is 18.7 Å². The van der Waals surface area contributed by atoms with Crippen molar-refractivity contribution in [2.24, 2.45) is 0 Å². The molecule has 0 amide bonds. The van der Waals surface area contributed by atoms with Crippen molar-refractivity contribution in [3.63, 3.8) is 0 Å². The van der Waals surface area contributed by atoms with Gasteiger partial charge >= 0.3 is 0 Å². The molecule has 1 rings (SSSR count). The molecule has 0 saturated carbocycles. The molecule has 2 nitrogen and oxygen atoms in total. The minimum Gasteiger partial charge on any atom is -0.372 e. The highest BCUT2D eigenvalue weighted by atomic mass is 16.6. The summed E-state index contributed by atoms with van der Waals surface area (Å²) in [6.45, 7) is 9.28. The zero-order valence-electron chi connectivity index (χ0n) is 11.9. The molecule has 2 heteroatoms. The summed E-state index contributed by atoms with van der Waals surface area (Å²) < 4.78 is 5.34. The van der Waals surface area contributed by atoms with Crippen LogP contribution in [0.15, 0.2) is 0 Å². The van der Waals surface area contributed by atoms with Gasteiger partial charge in [-0.15, -0.1) is 0 Å². The van der Waals surface area contributed by atoms with Crippen LogP contribution in [-0.4, -0.2) is 37.2 Å². The highest BCUT2D eigenvalue weighted by molar-refractivity contribution is 4.74. The van der Waals surface area contributed by atoms with Gasteiger partial charge in [0.15, 0.2) is 0 Å². The molecule has 17 heavy (non-hydrogen) atoms. The van der Waals surface area contributed by atoms with E-state index in [1.807, 2.05) is 0 Å². The van der Waals surface area contributed by atoms with E-state index in [1.54, 1.807) is 0 Å². The van der Waals surface area contributed by atoms with Crippen molar-refractivity contribution in [2.45, 2.75) is 71.3 Å². The number of ether oxygens (including phenoxy) is 1. The Morgan fingerprint density at radius 1 is 0.882 bits per heavy atom. The van der Waals surface area contributed by atoms with Gasteiger partial charge in [-0.3, -0.25) is 0 Å². The lowest BCUT2D eigenvalue weighted by atomic mass is 10.1. The predicted molar refractivity (Wildman–Crippen MR) is 74.5 cm³/mol. The molecule has 1 aliphatic rings. The third kappa shape index (κ3) is 8.62. The van der Waals surface area contributed by atoms with Gasteiger partial charge in [0.05, 0.1) is 12.7 Å². The summed E-state index contributed by atoms with van der Waals surface area (Å²) >= 11 is 0. The van der Waals surface area contributed by atoms with Crippen molar-refractivity contribution in [3.8, 4) is 0 Å². The second-order valence-electron chi connectivity index (χ2n) is 5.38. The first-order valence-electron chi connectivity index (χ1n) is 7.70. The van der Waals surface area contributed by atoms with Crippen LogP contribution in [-0.2, 0) is 4.74 Å². The quantitative estimate of drug-likeness (QED) is 0.381. The Hall–Kier alpha value is -0.0800. The molecule has 0 N–H and O–H groups in total. The molecule has 1 heterocycles. The van der Waals surface area contributed by atoms with Gasteiger partial charge in [-0.1, -0.05) is 52.4 Å². The smallest absolute Gasteiger partial charge is 0.0936 e. The van der Waals surface area contributed by atoms with Crippen LogP contribution in [0.1, 0.15) is 65.2 Å². The maximum Gasteiger partial charge on any atom is 0.0936 e. The van der Waals surface area contributed by atoms with Crippen molar-refractivity contribution in [1.82, 2.24) is 4.90 Å². The van der Waals surface area contributed by atoms with Crippen molar-refractivity contribution >= 4 is 0 Å². The summed E-state index contributed by atoms with van der Waals surface area (Å²) in [7, 11) is 0. The number of rotatable bonds is 12. The second kappa shape index (κ2) is 9.90. The first kappa shape index (κ1) is 15.0. The molecule has 1 aliphatic heterocycles. The molecule has 0 aromatic rings. The SMILES string of the molecule is CCCCCCCCN(CCCC)CC1CO1. The second-order valence-corrected chi connectivity index (χ2v) is 5.38. The van der Waals surface area contributed by atoms with E-state index in [1.165, 1.54) is 71.0 Å². The minimum atomic E-state index is 0.562. The third-order valence-corrected chi connectivity index (χ3v) is 3.52. The molecule has 0 aliphatic carbocycles. The lowest BCUT2D eigenvalue weighted by molar-refractivity contribution is 0.234. The fourth-order valence-electron chi connectivity index (χ4n) is 2.25. The molecule has 0 aromatic carbocycles. The Morgan fingerprint density at radius 2 is 1.47 bits per heavy atom. The maximum absolute atomic E-state index is 5.34. The van der Waals surface area contributed by atoms with Crippen LogP contribution in [0.3, 0.4) is 0 Å². The highest BCUT2D eigenvalue weighted by Crippen LogP contribution is 2.13. The first-order valence-corrected chi connectivity index (χ1v) is 7.70. The number of hydrogen-bond donors (Lipinski definition) is 0. The van der Waals surface area contributed by atoms with Crippen LogP contribution in [0, 0.1) is 0 Å². The van der Waals surface area contributed by atoms with Crippen molar-refractivity contribution in [3.05, 3.63) is 0 Å². The Balaban J connectivity index is 1.97. The lowest BCUT2D eigenvalue weighted by Crippen LogP contribution is -2.30. The van der Waals surface area contributed by atoms with Crippen LogP contribution in [0.2, 0.25) is 0 Å². The maximum atomic E-state index is 5.34. The predicted octanol–water partition coefficient (Wildman–Crippen LogP) is 3.85. The third-order valence-electron chi connectivity index (χ3n) is 3.52. The van der Waals surface area contributed by atoms with E-state index >= 15 is 0 Å². The van der Waals surface area contributed by atoms with Gasteiger partial charge in [0.1, 0.15) is 0 Å². The van der Waals surface area contributed by atoms with E-state index in [0.29, 0.717) is 6.10 Å². The van der Waals surface area contributed by atoms with Crippen LogP contribution in [0.5, 0.6) is 0 Å². The van der Waals surface area contributed by atoms with Gasteiger partial charge in [-0.25, -0.2) is 0 Å². The number of nitrogens with zero attached hydrogens (tertiary/aromatic N) is 1. The molecule has 1 fully saturated rings. The summed E-state index contributed by atoms with van der Waals surface area (Å²) in [5.74, 6) is 0. The number of epoxide rings is 1. The molecule has 1 unspecified atom stereocenters. The molecule has 0 radical (unpaired) electrons. The van der Waals surface area contributed by atoms with Gasteiger partial charge < -0.3 is 9.64 Å². The summed E-state index contributed by atoms with van der Waals surface area (Å²) in [5.41, 5.74) is 0. The normalized spacial score (nSPS) is 18.9. The van der Waals surface area contributed by atoms with Crippen LogP contribution < -0.4 is 0 Å². The summed E-state index contributed by atoms with van der Waals surface area (Å²) in [4.78, 5) is 2.61. The Kier molecular flexibility index (Phi) is 8.72. The van der Waals surface area contributed by atoms with Gasteiger partial charge in [0.25, 0.3) is 0 Å². The first-order chi connectivity index (χ1) is 8.36. The Labute approximate surface area is 108 Å². The van der Waals surface area contributed by atoms with Crippen LogP contribution >= 0.6 is 0 Å². The minimum absolute atomic E-state index is 0.562. The topological polar surface area (TPSA) is 15.8 Å². The van der Waals surface area contributed by atoms with Crippen molar-refractivity contribution < 1.29 is 4.74 Å². The standard InChI is InChI=1S/C15H31NO/c1-3-5-7-8-9-10-12-16(11-6-4-2)13-15-14-17-15/h15H,3-14H2,1-2H3. The van der Waals surface area contributed by atoms with E-state index in [9.17, 15) is 0 Å². The molecule has 1 atom stereocenters. The van der Waals surface area contributed by atoms with E-state index in [4.69, 9.17) is 4.74 Å². The van der Waals surface area contributed by atoms with Crippen molar-refractivity contribution in [1.29, 1.82) is 0 Å². The highest BCUT2D eigenvalue weighted by Gasteiger charge is 2.24. The van der Waals surface area contributed by atoms with Crippen molar-refractivity contribution in [2.75, 3.05) is 26.2 Å². The summed E-state index contributed by atoms with van der Waals surface area (Å²) in [5, 5.41) is 0. The van der Waals surface area contributed by atoms with Gasteiger partial charge in [-0.2, -0.15) is 0 Å². The fourth-order valence-corrected chi connectivity index (χ4v) is 2.25. The lowest BCUT2D eigenvalue weighted by Gasteiger charge is -2.21. The Bertz CT molecular complexity index is 168. The molecular weight excluding hydrogens is 210 g/mol. The van der Waals surface area contributed by atoms with Gasteiger partial charge in [0.2, 0.25) is 0 Å². The molecule has 0 spiro atoms. The fraction of sp³-hybridized carbons (Fsp3) is 1.00. The van der Waals surface area contributed by atoms with Gasteiger partial charge in [0, 0.05) is 6.54 Å². The Morgan fingerprint density at radius 3 is 2.12 bits per heavy atom. The monoisotopic (exact) mass is 241 g/mol. The number of unbranched alkanes of at least 4 members (excludes halogenated alkanes) is 6. The molecule has 0 bridgehead atoms. The van der Waals surface area contributed by atoms with Gasteiger partial charge in [-0.05, 0) is 25.9 Å². The molecule has 102 valence electrons. The zero-order chi connectivity index (χ0) is 12.3. The molecule has 1 saturated heterocycles. The zero-order valence-corrected chi connectivity index (χ0v) is 11.9. The summed E-state index contributed by atoms with van der Waals surface area (Å²) in [6.07, 6.45) is 11.6.